The standard InChI is InChI=1S/C18H13ClN4O3S/c19-13-3-1-12(2-4-13)9-16-17(24)22-11-21(10-20-18(22)27-16)14-5-7-15(8-6-14)23(25)26/h1-9H,10-11H2/b16-9-. The number of fused-ring (bicyclic) bond motifs is 1. The lowest BCUT2D eigenvalue weighted by Crippen LogP contribution is -2.42. The van der Waals surface area contributed by atoms with Crippen molar-refractivity contribution in [1.29, 1.82) is 0 Å². The van der Waals surface area contributed by atoms with E-state index in [4.69, 9.17) is 11.6 Å². The molecule has 3 aromatic rings. The molecule has 4 rings (SSSR count). The Balaban J connectivity index is 1.65. The molecule has 0 spiro atoms. The van der Waals surface area contributed by atoms with Crippen LogP contribution in [0, 0.1) is 10.1 Å². The van der Waals surface area contributed by atoms with Crippen LogP contribution in [0.2, 0.25) is 5.02 Å². The summed E-state index contributed by atoms with van der Waals surface area (Å²) in [5, 5.41) is 11.4. The number of hydrogen-bond acceptors (Lipinski definition) is 6. The number of anilines is 1. The van der Waals surface area contributed by atoms with Gasteiger partial charge in [0.05, 0.1) is 9.46 Å². The number of nitro benzene ring substituents is 1. The molecule has 1 aliphatic rings. The maximum Gasteiger partial charge on any atom is 0.271 e. The first kappa shape index (κ1) is 17.4. The molecule has 0 amide bonds. The molecule has 27 heavy (non-hydrogen) atoms. The molecule has 7 nitrogen and oxygen atoms in total. The highest BCUT2D eigenvalue weighted by Crippen LogP contribution is 2.20. The minimum Gasteiger partial charge on any atom is -0.334 e. The fourth-order valence-corrected chi connectivity index (χ4v) is 3.86. The summed E-state index contributed by atoms with van der Waals surface area (Å²) >= 11 is 7.24. The van der Waals surface area contributed by atoms with Gasteiger partial charge in [-0.3, -0.25) is 19.5 Å². The van der Waals surface area contributed by atoms with Crippen molar-refractivity contribution in [2.75, 3.05) is 11.6 Å². The maximum atomic E-state index is 12.7. The van der Waals surface area contributed by atoms with Crippen molar-refractivity contribution >= 4 is 40.4 Å². The lowest BCUT2D eigenvalue weighted by atomic mass is 10.2. The van der Waals surface area contributed by atoms with Crippen molar-refractivity contribution in [2.45, 2.75) is 6.67 Å². The average Bonchev–Trinajstić information content (AvgIpc) is 2.99. The average molecular weight is 401 g/mol. The predicted octanol–water partition coefficient (Wildman–Crippen LogP) is 2.36. The van der Waals surface area contributed by atoms with Gasteiger partial charge >= 0.3 is 0 Å². The van der Waals surface area contributed by atoms with E-state index >= 15 is 0 Å². The van der Waals surface area contributed by atoms with Crippen molar-refractivity contribution in [2.24, 2.45) is 4.99 Å². The Kier molecular flexibility index (Phi) is 4.51. The quantitative estimate of drug-likeness (QED) is 0.499. The van der Waals surface area contributed by atoms with E-state index in [1.54, 1.807) is 28.8 Å². The Morgan fingerprint density at radius 2 is 1.85 bits per heavy atom. The van der Waals surface area contributed by atoms with Crippen LogP contribution in [0.1, 0.15) is 5.56 Å². The number of benzene rings is 2. The zero-order valence-corrected chi connectivity index (χ0v) is 15.5. The molecule has 2 heterocycles. The summed E-state index contributed by atoms with van der Waals surface area (Å²) in [7, 11) is 0. The molecule has 0 bridgehead atoms. The fourth-order valence-electron chi connectivity index (χ4n) is 2.77. The van der Waals surface area contributed by atoms with Crippen molar-refractivity contribution in [3.8, 4) is 0 Å². The lowest BCUT2D eigenvalue weighted by Gasteiger charge is -2.25. The van der Waals surface area contributed by atoms with Crippen LogP contribution in [0.15, 0.2) is 58.3 Å². The van der Waals surface area contributed by atoms with Crippen molar-refractivity contribution in [3.05, 3.63) is 88.9 Å². The second-order valence-corrected chi connectivity index (χ2v) is 7.38. The van der Waals surface area contributed by atoms with Crippen molar-refractivity contribution < 1.29 is 4.92 Å². The molecule has 0 N–H and O–H groups in total. The molecular weight excluding hydrogens is 388 g/mol. The molecule has 0 fully saturated rings. The Bertz CT molecular complexity index is 1180. The van der Waals surface area contributed by atoms with Crippen molar-refractivity contribution in [3.63, 3.8) is 0 Å². The molecule has 136 valence electrons. The Morgan fingerprint density at radius 1 is 1.15 bits per heavy atom. The number of thiazole rings is 1. The van der Waals surface area contributed by atoms with Gasteiger partial charge in [0.1, 0.15) is 13.3 Å². The topological polar surface area (TPSA) is 80.7 Å². The molecule has 0 saturated heterocycles. The molecule has 1 aromatic heterocycles. The van der Waals surface area contributed by atoms with Crippen molar-refractivity contribution in [1.82, 2.24) is 4.57 Å². The van der Waals surface area contributed by atoms with Crippen LogP contribution in [-0.4, -0.2) is 16.2 Å². The highest BCUT2D eigenvalue weighted by atomic mass is 35.5. The monoisotopic (exact) mass is 400 g/mol. The van der Waals surface area contributed by atoms with Gasteiger partial charge in [0.15, 0.2) is 4.80 Å². The molecule has 0 radical (unpaired) electrons. The fraction of sp³-hybridized carbons (Fsp3) is 0.111. The molecule has 0 saturated carbocycles. The van der Waals surface area contributed by atoms with Crippen LogP contribution >= 0.6 is 22.9 Å². The van der Waals surface area contributed by atoms with Gasteiger partial charge in [0.25, 0.3) is 11.2 Å². The lowest BCUT2D eigenvalue weighted by molar-refractivity contribution is -0.384. The van der Waals surface area contributed by atoms with Crippen LogP contribution in [0.25, 0.3) is 6.08 Å². The maximum absolute atomic E-state index is 12.7. The first-order chi connectivity index (χ1) is 13.0. The Hall–Kier alpha value is -2.97. The van der Waals surface area contributed by atoms with Gasteiger partial charge in [-0.15, -0.1) is 0 Å². The van der Waals surface area contributed by atoms with Crippen LogP contribution in [0.3, 0.4) is 0 Å². The van der Waals surface area contributed by atoms with E-state index in [0.717, 1.165) is 11.3 Å². The number of rotatable bonds is 3. The Labute approximate surface area is 162 Å². The van der Waals surface area contributed by atoms with Gasteiger partial charge in [-0.2, -0.15) is 0 Å². The van der Waals surface area contributed by atoms with Gasteiger partial charge < -0.3 is 4.90 Å². The van der Waals surface area contributed by atoms with Gasteiger partial charge in [0, 0.05) is 22.8 Å². The number of non-ortho nitro benzene ring substituents is 1. The van der Waals surface area contributed by atoms with Gasteiger partial charge in [-0.05, 0) is 35.9 Å². The van der Waals surface area contributed by atoms with Crippen LogP contribution in [-0.2, 0) is 6.67 Å². The normalized spacial score (nSPS) is 14.0. The number of aromatic nitrogens is 1. The van der Waals surface area contributed by atoms with E-state index in [1.807, 2.05) is 23.1 Å². The second kappa shape index (κ2) is 6.98. The number of nitro groups is 1. The largest absolute Gasteiger partial charge is 0.334 e. The summed E-state index contributed by atoms with van der Waals surface area (Å²) in [6.45, 7) is 0.735. The number of hydrogen-bond donors (Lipinski definition) is 0. The zero-order valence-electron chi connectivity index (χ0n) is 13.9. The molecular formula is C18H13ClN4O3S. The Morgan fingerprint density at radius 3 is 2.52 bits per heavy atom. The highest BCUT2D eigenvalue weighted by Gasteiger charge is 2.16. The third-order valence-corrected chi connectivity index (χ3v) is 5.47. The first-order valence-electron chi connectivity index (χ1n) is 8.02. The molecule has 0 unspecified atom stereocenters. The highest BCUT2D eigenvalue weighted by molar-refractivity contribution is 7.07. The van der Waals surface area contributed by atoms with E-state index in [2.05, 4.69) is 4.99 Å². The van der Waals surface area contributed by atoms with E-state index in [0.29, 0.717) is 27.7 Å². The summed E-state index contributed by atoms with van der Waals surface area (Å²) in [5.74, 6) is 0. The van der Waals surface area contributed by atoms with Gasteiger partial charge in [-0.25, -0.2) is 4.99 Å². The third kappa shape index (κ3) is 3.49. The van der Waals surface area contributed by atoms with Crippen LogP contribution in [0.4, 0.5) is 11.4 Å². The zero-order chi connectivity index (χ0) is 19.0. The molecule has 0 atom stereocenters. The SMILES string of the molecule is O=c1/c(=C/c2ccc(Cl)cc2)sc2n1CN(c1ccc([N+](=O)[O-])cc1)CN=2. The minimum absolute atomic E-state index is 0.0286. The first-order valence-corrected chi connectivity index (χ1v) is 9.21. The van der Waals surface area contributed by atoms with E-state index in [9.17, 15) is 14.9 Å². The molecule has 0 aliphatic carbocycles. The second-order valence-electron chi connectivity index (χ2n) is 5.93. The van der Waals surface area contributed by atoms with Gasteiger partial charge in [0.2, 0.25) is 0 Å². The smallest absolute Gasteiger partial charge is 0.271 e. The summed E-state index contributed by atoms with van der Waals surface area (Å²) in [6.07, 6.45) is 1.82. The van der Waals surface area contributed by atoms with E-state index in [-0.39, 0.29) is 11.2 Å². The molecule has 9 heteroatoms. The molecule has 1 aliphatic heterocycles. The summed E-state index contributed by atoms with van der Waals surface area (Å²) < 4.78 is 2.21. The number of halogens is 1. The summed E-state index contributed by atoms with van der Waals surface area (Å²) in [6, 6.07) is 13.5. The minimum atomic E-state index is -0.440. The third-order valence-electron chi connectivity index (χ3n) is 4.17. The predicted molar refractivity (Wildman–Crippen MR) is 105 cm³/mol. The van der Waals surface area contributed by atoms with E-state index < -0.39 is 4.92 Å². The van der Waals surface area contributed by atoms with Gasteiger partial charge in [-0.1, -0.05) is 35.1 Å². The van der Waals surface area contributed by atoms with Crippen LogP contribution < -0.4 is 19.8 Å². The summed E-state index contributed by atoms with van der Waals surface area (Å²) in [4.78, 5) is 30.1. The van der Waals surface area contributed by atoms with E-state index in [1.165, 1.54) is 23.5 Å². The van der Waals surface area contributed by atoms with Crippen LogP contribution in [0.5, 0.6) is 0 Å². The molecule has 2 aromatic carbocycles. The summed E-state index contributed by atoms with van der Waals surface area (Å²) in [5.41, 5.74) is 1.58. The number of nitrogens with zero attached hydrogens (tertiary/aromatic N) is 4.